The molecule has 0 fully saturated rings. The zero-order chi connectivity index (χ0) is 43.3. The maximum Gasteiger partial charge on any atom is 0.333 e. The summed E-state index contributed by atoms with van der Waals surface area (Å²) in [6.07, 6.45) is 2.36. The van der Waals surface area contributed by atoms with Crippen LogP contribution < -0.4 is 15.7 Å². The van der Waals surface area contributed by atoms with E-state index in [-0.39, 0.29) is 28.5 Å². The van der Waals surface area contributed by atoms with Crippen LogP contribution >= 0.6 is 11.3 Å². The average Bonchev–Trinajstić information content (AvgIpc) is 3.92. The Kier molecular flexibility index (Phi) is 7.23. The highest BCUT2D eigenvalue weighted by Gasteiger charge is 2.47. The van der Waals surface area contributed by atoms with Gasteiger partial charge in [0.1, 0.15) is 11.2 Å². The first-order chi connectivity index (χ1) is 30.0. The molecule has 0 atom stereocenters. The predicted molar refractivity (Wildman–Crippen MR) is 273 cm³/mol. The number of hydrogen-bond acceptors (Lipinski definition) is 3. The second-order valence-electron chi connectivity index (χ2n) is 22.4. The van der Waals surface area contributed by atoms with Gasteiger partial charge in [0, 0.05) is 76.0 Å². The summed E-state index contributed by atoms with van der Waals surface area (Å²) in [5.41, 5.74) is 19.4. The molecule has 5 heterocycles. The van der Waals surface area contributed by atoms with Crippen molar-refractivity contribution in [2.75, 3.05) is 4.81 Å². The van der Waals surface area contributed by atoms with Crippen LogP contribution in [0.2, 0.25) is 0 Å². The average molecular weight is 837 g/mol. The predicted octanol–water partition coefficient (Wildman–Crippen LogP) is 15.2. The molecule has 0 saturated carbocycles. The molecule has 3 aliphatic rings. The number of para-hydroxylation sites is 1. The molecule has 0 radical (unpaired) electrons. The van der Waals surface area contributed by atoms with Gasteiger partial charge in [-0.3, -0.25) is 0 Å². The van der Waals surface area contributed by atoms with Crippen LogP contribution in [0, 0.1) is 0 Å². The fourth-order valence-electron chi connectivity index (χ4n) is 11.9. The number of aromatic nitrogens is 1. The topological polar surface area (TPSA) is 21.3 Å². The zero-order valence-electron chi connectivity index (χ0n) is 38.2. The molecular weight excluding hydrogens is 784 g/mol. The minimum atomic E-state index is -0.0939. The van der Waals surface area contributed by atoms with Crippen molar-refractivity contribution in [2.45, 2.75) is 104 Å². The Morgan fingerprint density at radius 3 is 2.00 bits per heavy atom. The summed E-state index contributed by atoms with van der Waals surface area (Å²) in [5.74, 6) is 0. The summed E-state index contributed by atoms with van der Waals surface area (Å²) in [4.78, 5) is 2.68. The summed E-state index contributed by atoms with van der Waals surface area (Å²) in [5, 5.41) is 7.83. The van der Waals surface area contributed by atoms with Crippen LogP contribution in [-0.4, -0.2) is 11.4 Å². The smallest absolute Gasteiger partial charge is 0.333 e. The number of anilines is 2. The van der Waals surface area contributed by atoms with Gasteiger partial charge in [0.05, 0.1) is 11.0 Å². The van der Waals surface area contributed by atoms with Gasteiger partial charge in [0.2, 0.25) is 0 Å². The Hall–Kier alpha value is -5.78. The quantitative estimate of drug-likeness (QED) is 0.154. The van der Waals surface area contributed by atoms with Crippen molar-refractivity contribution in [3.63, 3.8) is 0 Å². The molecule has 0 spiro atoms. The van der Waals surface area contributed by atoms with Crippen LogP contribution in [0.5, 0.6) is 0 Å². The normalized spacial score (nSPS) is 16.5. The molecule has 0 unspecified atom stereocenters. The summed E-state index contributed by atoms with van der Waals surface area (Å²) in [6, 6.07) is 44.7. The third-order valence-corrected chi connectivity index (χ3v) is 16.7. The van der Waals surface area contributed by atoms with Gasteiger partial charge < -0.3 is 13.8 Å². The van der Waals surface area contributed by atoms with Gasteiger partial charge in [-0.05, 0) is 116 Å². The lowest BCUT2D eigenvalue weighted by atomic mass is 9.43. The van der Waals surface area contributed by atoms with E-state index < -0.39 is 0 Å². The molecule has 3 aromatic heterocycles. The minimum Gasteiger partial charge on any atom is -0.456 e. The molecule has 0 amide bonds. The summed E-state index contributed by atoms with van der Waals surface area (Å²) < 4.78 is 12.2. The Morgan fingerprint density at radius 2 is 1.27 bits per heavy atom. The lowest BCUT2D eigenvalue weighted by Gasteiger charge is -2.43. The highest BCUT2D eigenvalue weighted by molar-refractivity contribution is 7.27. The fraction of sp³-hybridized carbons (Fsp3) is 0.276. The van der Waals surface area contributed by atoms with E-state index in [0.717, 1.165) is 21.9 Å². The van der Waals surface area contributed by atoms with E-state index in [1.165, 1.54) is 116 Å². The minimum absolute atomic E-state index is 0.0343. The maximum atomic E-state index is 6.77. The molecule has 7 aromatic carbocycles. The van der Waals surface area contributed by atoms with E-state index in [2.05, 4.69) is 194 Å². The van der Waals surface area contributed by atoms with Gasteiger partial charge in [-0.25, -0.2) is 0 Å². The van der Waals surface area contributed by atoms with Gasteiger partial charge in [0.25, 0.3) is 0 Å². The lowest BCUT2D eigenvalue weighted by Crippen LogP contribution is -2.60. The van der Waals surface area contributed by atoms with E-state index >= 15 is 0 Å². The second-order valence-corrected chi connectivity index (χ2v) is 23.4. The molecule has 310 valence electrons. The largest absolute Gasteiger partial charge is 0.456 e. The van der Waals surface area contributed by atoms with Crippen LogP contribution in [0.15, 0.2) is 120 Å². The Morgan fingerprint density at radius 1 is 0.603 bits per heavy atom. The van der Waals surface area contributed by atoms with E-state index in [1.807, 2.05) is 11.3 Å². The molecule has 0 N–H and O–H groups in total. The highest BCUT2D eigenvalue weighted by atomic mass is 32.1. The molecule has 3 nitrogen and oxygen atoms in total. The number of furan rings is 1. The SMILES string of the molecule is CC(C)(C)c1ccc(N2B3c4cc(C(C)(C)C)ccc4-n4c5cc6c(cc5c5c7c(sc8ccccc87)c(c3c54)-c3cc4c(cc32)oc2ccccc24)C(C)(C)CCC6(C)C)cc1. The van der Waals surface area contributed by atoms with E-state index in [4.69, 9.17) is 4.42 Å². The first-order valence-corrected chi connectivity index (χ1v) is 23.8. The summed E-state index contributed by atoms with van der Waals surface area (Å²) in [6.45, 7) is 23.8. The second kappa shape index (κ2) is 12.1. The molecule has 0 saturated heterocycles. The van der Waals surface area contributed by atoms with Gasteiger partial charge in [-0.1, -0.05) is 130 Å². The monoisotopic (exact) mass is 836 g/mol. The standard InChI is InChI=1S/C58H53BN2OS/c1-55(2,3)32-19-22-34(23-20-32)61-45-31-47-37(35-15-11-13-17-46(35)62-47)28-38(45)51-52-53-49(50-36-16-12-14-18-48(36)63-54(50)51)39-29-40-41(58(9,10)26-25-57(40,7)8)30-44(39)60(53)43-24-21-33(56(4,5)6)27-42(43)59(52)61/h11-24,27-31H,25-26H2,1-10H3. The number of fused-ring (bicyclic) bond motifs is 17. The van der Waals surface area contributed by atoms with Gasteiger partial charge in [0.15, 0.2) is 0 Å². The molecule has 1 aliphatic carbocycles. The van der Waals surface area contributed by atoms with Crippen molar-refractivity contribution < 1.29 is 4.42 Å². The van der Waals surface area contributed by atoms with Crippen LogP contribution in [0.25, 0.3) is 80.7 Å². The van der Waals surface area contributed by atoms with Crippen LogP contribution in [0.1, 0.15) is 104 Å². The third-order valence-electron chi connectivity index (χ3n) is 15.5. The Labute approximate surface area is 374 Å². The molecular formula is C58H53BN2OS. The van der Waals surface area contributed by atoms with Crippen molar-refractivity contribution in [1.29, 1.82) is 0 Å². The Bertz CT molecular complexity index is 3650. The van der Waals surface area contributed by atoms with Crippen molar-refractivity contribution in [2.24, 2.45) is 0 Å². The van der Waals surface area contributed by atoms with Crippen LogP contribution in [-0.2, 0) is 21.7 Å². The zero-order valence-corrected chi connectivity index (χ0v) is 39.0. The van der Waals surface area contributed by atoms with Crippen molar-refractivity contribution in [3.05, 3.63) is 138 Å². The van der Waals surface area contributed by atoms with Crippen molar-refractivity contribution in [1.82, 2.24) is 4.57 Å². The molecule has 2 aliphatic heterocycles. The number of rotatable bonds is 1. The van der Waals surface area contributed by atoms with Crippen LogP contribution in [0.4, 0.5) is 11.4 Å². The van der Waals surface area contributed by atoms with Gasteiger partial charge in [-0.2, -0.15) is 0 Å². The van der Waals surface area contributed by atoms with Crippen molar-refractivity contribution in [3.8, 4) is 16.8 Å². The van der Waals surface area contributed by atoms with E-state index in [1.54, 1.807) is 0 Å². The van der Waals surface area contributed by atoms with Crippen LogP contribution in [0.3, 0.4) is 0 Å². The maximum absolute atomic E-state index is 6.77. The van der Waals surface area contributed by atoms with E-state index in [9.17, 15) is 0 Å². The molecule has 0 bridgehead atoms. The number of nitrogens with zero attached hydrogens (tertiary/aromatic N) is 2. The van der Waals surface area contributed by atoms with Gasteiger partial charge in [-0.15, -0.1) is 11.3 Å². The Balaban J connectivity index is 1.29. The van der Waals surface area contributed by atoms with E-state index in [0.29, 0.717) is 0 Å². The number of hydrogen-bond donors (Lipinski definition) is 0. The van der Waals surface area contributed by atoms with Crippen molar-refractivity contribution >= 4 is 104 Å². The number of benzene rings is 7. The molecule has 63 heavy (non-hydrogen) atoms. The first-order valence-electron chi connectivity index (χ1n) is 23.0. The first kappa shape index (κ1) is 37.8. The fourth-order valence-corrected chi connectivity index (χ4v) is 13.2. The number of thiophene rings is 1. The molecule has 5 heteroatoms. The lowest BCUT2D eigenvalue weighted by molar-refractivity contribution is 0.332. The van der Waals surface area contributed by atoms with Gasteiger partial charge >= 0.3 is 6.85 Å². The molecule has 13 rings (SSSR count). The summed E-state index contributed by atoms with van der Waals surface area (Å²) in [7, 11) is 0. The summed E-state index contributed by atoms with van der Waals surface area (Å²) >= 11 is 1.98. The molecule has 10 aromatic rings. The highest BCUT2D eigenvalue weighted by Crippen LogP contribution is 2.55. The third kappa shape index (κ3) is 4.98.